The first-order valence-electron chi connectivity index (χ1n) is 11.5. The number of hydrogen-bond acceptors (Lipinski definition) is 5. The zero-order chi connectivity index (χ0) is 23.0. The molecule has 2 aliphatic heterocycles. The average Bonchev–Trinajstić information content (AvgIpc) is 2.83. The number of carbonyl (C=O) groups excluding carboxylic acids is 2. The standard InChI is InChI=1S/C27H28N2O4/c1-18-23(7-5-20-4-3-13-28-26(18)20)21-6-8-24-22(16-21)9-10-27(33-24)11-14-29(15-12-27)25(31)17-32-19(2)30/h3-8,13,16H,9-12,14-15,17H2,1-2H3. The Hall–Kier alpha value is -3.41. The largest absolute Gasteiger partial charge is 0.487 e. The quantitative estimate of drug-likeness (QED) is 0.558. The minimum Gasteiger partial charge on any atom is -0.487 e. The van der Waals surface area contributed by atoms with E-state index in [-0.39, 0.29) is 18.1 Å². The van der Waals surface area contributed by atoms with E-state index in [1.165, 1.54) is 29.2 Å². The lowest BCUT2D eigenvalue weighted by Crippen LogP contribution is -2.51. The van der Waals surface area contributed by atoms with Crippen molar-refractivity contribution in [1.82, 2.24) is 9.88 Å². The third-order valence-corrected chi connectivity index (χ3v) is 7.00. The number of amides is 1. The molecule has 0 N–H and O–H groups in total. The molecule has 6 nitrogen and oxygen atoms in total. The van der Waals surface area contributed by atoms with Gasteiger partial charge in [-0.15, -0.1) is 0 Å². The van der Waals surface area contributed by atoms with E-state index in [2.05, 4.69) is 48.3 Å². The maximum atomic E-state index is 12.3. The topological polar surface area (TPSA) is 68.7 Å². The molecule has 0 atom stereocenters. The van der Waals surface area contributed by atoms with Crippen LogP contribution >= 0.6 is 0 Å². The number of esters is 1. The minimum absolute atomic E-state index is 0.138. The Kier molecular flexibility index (Phi) is 5.52. The van der Waals surface area contributed by atoms with Crippen LogP contribution in [0.15, 0.2) is 48.7 Å². The molecule has 3 heterocycles. The summed E-state index contributed by atoms with van der Waals surface area (Å²) in [5.41, 5.74) is 5.61. The maximum Gasteiger partial charge on any atom is 0.303 e. The molecule has 1 amide bonds. The zero-order valence-electron chi connectivity index (χ0n) is 19.1. The second-order valence-corrected chi connectivity index (χ2v) is 9.08. The second kappa shape index (κ2) is 8.50. The van der Waals surface area contributed by atoms with E-state index in [1.54, 1.807) is 4.90 Å². The number of rotatable bonds is 3. The third-order valence-electron chi connectivity index (χ3n) is 7.00. The number of aromatic nitrogens is 1. The summed E-state index contributed by atoms with van der Waals surface area (Å²) in [5.74, 6) is 0.376. The number of aryl methyl sites for hydroxylation is 2. The summed E-state index contributed by atoms with van der Waals surface area (Å²) in [6.45, 7) is 4.51. The van der Waals surface area contributed by atoms with Crippen LogP contribution in [0.25, 0.3) is 22.0 Å². The molecule has 0 unspecified atom stereocenters. The summed E-state index contributed by atoms with van der Waals surface area (Å²) in [6.07, 6.45) is 5.31. The molecule has 1 aromatic heterocycles. The lowest BCUT2D eigenvalue weighted by molar-refractivity contribution is -0.152. The van der Waals surface area contributed by atoms with E-state index in [4.69, 9.17) is 9.47 Å². The Morgan fingerprint density at radius 2 is 1.94 bits per heavy atom. The zero-order valence-corrected chi connectivity index (χ0v) is 19.1. The highest BCUT2D eigenvalue weighted by Gasteiger charge is 2.40. The van der Waals surface area contributed by atoms with Gasteiger partial charge in [0.1, 0.15) is 11.4 Å². The Labute approximate surface area is 193 Å². The highest BCUT2D eigenvalue weighted by Crippen LogP contribution is 2.41. The van der Waals surface area contributed by atoms with Crippen molar-refractivity contribution in [3.63, 3.8) is 0 Å². The van der Waals surface area contributed by atoms with E-state index in [0.717, 1.165) is 42.3 Å². The monoisotopic (exact) mass is 444 g/mol. The first kappa shape index (κ1) is 21.4. The molecule has 6 heteroatoms. The molecule has 1 spiro atoms. The molecule has 0 saturated carbocycles. The van der Waals surface area contributed by atoms with E-state index < -0.39 is 5.97 Å². The molecule has 170 valence electrons. The third kappa shape index (κ3) is 4.17. The lowest BCUT2D eigenvalue weighted by atomic mass is 9.82. The summed E-state index contributed by atoms with van der Waals surface area (Å²) in [7, 11) is 0. The molecule has 0 aliphatic carbocycles. The maximum absolute atomic E-state index is 12.3. The van der Waals surface area contributed by atoms with Crippen LogP contribution in [0.5, 0.6) is 5.75 Å². The molecule has 1 fully saturated rings. The smallest absolute Gasteiger partial charge is 0.303 e. The predicted molar refractivity (Wildman–Crippen MR) is 126 cm³/mol. The van der Waals surface area contributed by atoms with Gasteiger partial charge in [-0.2, -0.15) is 0 Å². The molecular weight excluding hydrogens is 416 g/mol. The van der Waals surface area contributed by atoms with Crippen LogP contribution in [-0.2, 0) is 20.7 Å². The van der Waals surface area contributed by atoms with Crippen LogP contribution in [0.3, 0.4) is 0 Å². The molecule has 0 radical (unpaired) electrons. The number of fused-ring (bicyclic) bond motifs is 2. The molecule has 3 aromatic rings. The highest BCUT2D eigenvalue weighted by atomic mass is 16.5. The second-order valence-electron chi connectivity index (χ2n) is 9.08. The fourth-order valence-corrected chi connectivity index (χ4v) is 5.06. The van der Waals surface area contributed by atoms with Crippen molar-refractivity contribution in [2.45, 2.75) is 45.1 Å². The van der Waals surface area contributed by atoms with Crippen molar-refractivity contribution in [1.29, 1.82) is 0 Å². The Morgan fingerprint density at radius 1 is 1.12 bits per heavy atom. The normalized spacial score (nSPS) is 16.8. The van der Waals surface area contributed by atoms with Crippen molar-refractivity contribution in [3.8, 4) is 16.9 Å². The number of carbonyl (C=O) groups is 2. The van der Waals surface area contributed by atoms with E-state index in [0.29, 0.717) is 13.1 Å². The van der Waals surface area contributed by atoms with Crippen LogP contribution in [-0.4, -0.2) is 47.1 Å². The number of hydrogen-bond donors (Lipinski definition) is 0. The van der Waals surface area contributed by atoms with E-state index in [9.17, 15) is 9.59 Å². The van der Waals surface area contributed by atoms with Crippen LogP contribution in [0.1, 0.15) is 37.3 Å². The first-order valence-corrected chi connectivity index (χ1v) is 11.5. The number of likely N-dealkylation sites (tertiary alicyclic amines) is 1. The van der Waals surface area contributed by atoms with Gasteiger partial charge >= 0.3 is 5.97 Å². The SMILES string of the molecule is CC(=O)OCC(=O)N1CCC2(CCc3cc(-c4ccc5cccnc5c4C)ccc3O2)CC1. The number of ether oxygens (including phenoxy) is 2. The van der Waals surface area contributed by atoms with Crippen molar-refractivity contribution in [3.05, 3.63) is 59.8 Å². The molecule has 5 rings (SSSR count). The van der Waals surface area contributed by atoms with Crippen LogP contribution in [0, 0.1) is 6.92 Å². The summed E-state index contributed by atoms with van der Waals surface area (Å²) in [5, 5.41) is 1.15. The van der Waals surface area contributed by atoms with E-state index in [1.807, 2.05) is 12.3 Å². The lowest BCUT2D eigenvalue weighted by Gasteiger charge is -2.44. The molecular formula is C27H28N2O4. The van der Waals surface area contributed by atoms with Gasteiger partial charge < -0.3 is 14.4 Å². The van der Waals surface area contributed by atoms with Gasteiger partial charge in [0.05, 0.1) is 5.52 Å². The molecule has 2 aliphatic rings. The van der Waals surface area contributed by atoms with Crippen LogP contribution < -0.4 is 4.74 Å². The van der Waals surface area contributed by atoms with Gasteiger partial charge in [-0.1, -0.05) is 24.3 Å². The first-order chi connectivity index (χ1) is 15.9. The predicted octanol–water partition coefficient (Wildman–Crippen LogP) is 4.46. The molecule has 2 aromatic carbocycles. The van der Waals surface area contributed by atoms with E-state index >= 15 is 0 Å². The summed E-state index contributed by atoms with van der Waals surface area (Å²) in [4.78, 5) is 29.6. The Balaban J connectivity index is 1.30. The number of benzene rings is 2. The van der Waals surface area contributed by atoms with Crippen molar-refractivity contribution < 1.29 is 19.1 Å². The molecule has 33 heavy (non-hydrogen) atoms. The van der Waals surface area contributed by atoms with Gasteiger partial charge in [0.15, 0.2) is 6.61 Å². The summed E-state index contributed by atoms with van der Waals surface area (Å²) in [6, 6.07) is 14.8. The fourth-order valence-electron chi connectivity index (χ4n) is 5.06. The summed E-state index contributed by atoms with van der Waals surface area (Å²) < 4.78 is 11.4. The molecule has 1 saturated heterocycles. The number of piperidine rings is 1. The van der Waals surface area contributed by atoms with Gasteiger partial charge in [-0.05, 0) is 60.2 Å². The summed E-state index contributed by atoms with van der Waals surface area (Å²) >= 11 is 0. The van der Waals surface area contributed by atoms with Gasteiger partial charge in [0, 0.05) is 44.4 Å². The average molecular weight is 445 g/mol. The Morgan fingerprint density at radius 3 is 2.73 bits per heavy atom. The van der Waals surface area contributed by atoms with Gasteiger partial charge in [-0.25, -0.2) is 0 Å². The van der Waals surface area contributed by atoms with Crippen LogP contribution in [0.2, 0.25) is 0 Å². The number of nitrogens with zero attached hydrogens (tertiary/aromatic N) is 2. The Bertz CT molecular complexity index is 1230. The highest BCUT2D eigenvalue weighted by molar-refractivity contribution is 5.88. The molecule has 0 bridgehead atoms. The van der Waals surface area contributed by atoms with Gasteiger partial charge in [-0.3, -0.25) is 14.6 Å². The van der Waals surface area contributed by atoms with Crippen molar-refractivity contribution in [2.24, 2.45) is 0 Å². The van der Waals surface area contributed by atoms with Gasteiger partial charge in [0.2, 0.25) is 0 Å². The van der Waals surface area contributed by atoms with Crippen LogP contribution in [0.4, 0.5) is 0 Å². The van der Waals surface area contributed by atoms with Gasteiger partial charge in [0.25, 0.3) is 5.91 Å². The number of pyridine rings is 1. The fraction of sp³-hybridized carbons (Fsp3) is 0.370. The van der Waals surface area contributed by atoms with Crippen molar-refractivity contribution >= 4 is 22.8 Å². The minimum atomic E-state index is -0.432. The van der Waals surface area contributed by atoms with Crippen molar-refractivity contribution in [2.75, 3.05) is 19.7 Å².